The second kappa shape index (κ2) is 6.62. The van der Waals surface area contributed by atoms with Gasteiger partial charge in [0, 0.05) is 12.6 Å². The number of hydrogen-bond donors (Lipinski definition) is 2. The average Bonchev–Trinajstić information content (AvgIpc) is 2.65. The summed E-state index contributed by atoms with van der Waals surface area (Å²) in [7, 11) is -3.01. The molecule has 2 aliphatic rings. The maximum absolute atomic E-state index is 12.2. The van der Waals surface area contributed by atoms with Crippen LogP contribution in [0, 0.1) is 0 Å². The Bertz CT molecular complexity index is 477. The van der Waals surface area contributed by atoms with Gasteiger partial charge in [0.15, 0.2) is 9.84 Å². The van der Waals surface area contributed by atoms with Crippen molar-refractivity contribution >= 4 is 15.7 Å². The molecule has 2 rings (SSSR count). The van der Waals surface area contributed by atoms with E-state index in [4.69, 9.17) is 5.11 Å². The zero-order valence-corrected chi connectivity index (χ0v) is 13.5. The third kappa shape index (κ3) is 4.66. The van der Waals surface area contributed by atoms with Crippen LogP contribution in [0.3, 0.4) is 0 Å². The molecule has 2 N–H and O–H groups in total. The van der Waals surface area contributed by atoms with E-state index < -0.39 is 15.4 Å². The summed E-state index contributed by atoms with van der Waals surface area (Å²) >= 11 is 0. The maximum Gasteiger partial charge on any atom is 0.234 e. The summed E-state index contributed by atoms with van der Waals surface area (Å²) in [6, 6.07) is 0.259. The Labute approximate surface area is 126 Å². The molecule has 0 radical (unpaired) electrons. The summed E-state index contributed by atoms with van der Waals surface area (Å²) in [6.45, 7) is 3.10. The van der Waals surface area contributed by atoms with Crippen LogP contribution in [0.2, 0.25) is 0 Å². The molecule has 0 bridgehead atoms. The summed E-state index contributed by atoms with van der Waals surface area (Å²) in [5, 5.41) is 12.0. The average molecular weight is 318 g/mol. The highest BCUT2D eigenvalue weighted by Crippen LogP contribution is 2.23. The predicted octanol–water partition coefficient (Wildman–Crippen LogP) is -0.0833. The molecule has 2 saturated heterocycles. The van der Waals surface area contributed by atoms with Gasteiger partial charge in [-0.15, -0.1) is 0 Å². The van der Waals surface area contributed by atoms with Crippen LogP contribution < -0.4 is 5.32 Å². The maximum atomic E-state index is 12.2. The van der Waals surface area contributed by atoms with Gasteiger partial charge in [-0.3, -0.25) is 9.69 Å². The van der Waals surface area contributed by atoms with Crippen molar-refractivity contribution in [3.63, 3.8) is 0 Å². The number of amides is 1. The molecule has 0 aliphatic carbocycles. The van der Waals surface area contributed by atoms with E-state index in [1.165, 1.54) is 0 Å². The molecule has 2 fully saturated rings. The largest absolute Gasteiger partial charge is 0.396 e. The quantitative estimate of drug-likeness (QED) is 0.740. The zero-order chi connectivity index (χ0) is 15.5. The second-order valence-electron chi connectivity index (χ2n) is 6.58. The lowest BCUT2D eigenvalue weighted by Gasteiger charge is -2.36. The number of nitrogens with zero attached hydrogens (tertiary/aromatic N) is 1. The van der Waals surface area contributed by atoms with Crippen LogP contribution in [-0.2, 0) is 14.6 Å². The van der Waals surface area contributed by atoms with Crippen molar-refractivity contribution in [1.82, 2.24) is 10.2 Å². The van der Waals surface area contributed by atoms with E-state index in [1.807, 2.05) is 0 Å². The van der Waals surface area contributed by atoms with Crippen molar-refractivity contribution < 1.29 is 18.3 Å². The molecule has 0 aromatic rings. The first-order valence-corrected chi connectivity index (χ1v) is 9.52. The summed E-state index contributed by atoms with van der Waals surface area (Å²) in [5.41, 5.74) is -0.627. The van der Waals surface area contributed by atoms with Crippen molar-refractivity contribution in [1.29, 1.82) is 0 Å². The van der Waals surface area contributed by atoms with Gasteiger partial charge in [-0.05, 0) is 39.2 Å². The van der Waals surface area contributed by atoms with Crippen LogP contribution in [0.4, 0.5) is 0 Å². The Hall–Kier alpha value is -0.660. The minimum Gasteiger partial charge on any atom is -0.396 e. The molecule has 2 atom stereocenters. The Balaban J connectivity index is 1.89. The number of hydrogen-bond acceptors (Lipinski definition) is 5. The van der Waals surface area contributed by atoms with Gasteiger partial charge >= 0.3 is 0 Å². The number of likely N-dealkylation sites (tertiary alicyclic amines) is 1. The van der Waals surface area contributed by atoms with Gasteiger partial charge in [-0.1, -0.05) is 6.42 Å². The summed E-state index contributed by atoms with van der Waals surface area (Å²) in [6.07, 6.45) is 4.40. The lowest BCUT2D eigenvalue weighted by atomic mass is 9.99. The molecular weight excluding hydrogens is 292 g/mol. The van der Waals surface area contributed by atoms with Gasteiger partial charge in [0.05, 0.1) is 23.6 Å². The predicted molar refractivity (Wildman–Crippen MR) is 80.7 cm³/mol. The van der Waals surface area contributed by atoms with Gasteiger partial charge in [0.25, 0.3) is 0 Å². The fourth-order valence-corrected chi connectivity index (χ4v) is 5.51. The van der Waals surface area contributed by atoms with E-state index in [2.05, 4.69) is 10.2 Å². The van der Waals surface area contributed by atoms with E-state index in [9.17, 15) is 13.2 Å². The van der Waals surface area contributed by atoms with Crippen LogP contribution in [0.15, 0.2) is 0 Å². The molecule has 122 valence electrons. The highest BCUT2D eigenvalue weighted by Gasteiger charge is 2.39. The first-order chi connectivity index (χ1) is 9.84. The molecule has 6 nitrogen and oxygen atoms in total. The number of aliphatic hydroxyl groups is 1. The summed E-state index contributed by atoms with van der Waals surface area (Å²) in [5.74, 6) is 0.0753. The molecule has 0 aromatic carbocycles. The van der Waals surface area contributed by atoms with Gasteiger partial charge in [-0.2, -0.15) is 0 Å². The highest BCUT2D eigenvalue weighted by atomic mass is 32.2. The molecule has 0 aromatic heterocycles. The van der Waals surface area contributed by atoms with Crippen LogP contribution in [-0.4, -0.2) is 67.1 Å². The number of sulfone groups is 1. The van der Waals surface area contributed by atoms with E-state index in [0.717, 1.165) is 25.8 Å². The van der Waals surface area contributed by atoms with E-state index in [1.54, 1.807) is 6.92 Å². The van der Waals surface area contributed by atoms with Crippen molar-refractivity contribution in [2.45, 2.75) is 50.6 Å². The van der Waals surface area contributed by atoms with Gasteiger partial charge in [0.1, 0.15) is 0 Å². The summed E-state index contributed by atoms with van der Waals surface area (Å²) in [4.78, 5) is 14.3. The van der Waals surface area contributed by atoms with Crippen LogP contribution in [0.5, 0.6) is 0 Å². The molecule has 7 heteroatoms. The first-order valence-electron chi connectivity index (χ1n) is 7.70. The number of aliphatic hydroxyl groups excluding tert-OH is 1. The Morgan fingerprint density at radius 3 is 2.81 bits per heavy atom. The third-order valence-corrected chi connectivity index (χ3v) is 6.41. The van der Waals surface area contributed by atoms with Crippen molar-refractivity contribution in [2.24, 2.45) is 0 Å². The zero-order valence-electron chi connectivity index (χ0n) is 12.7. The van der Waals surface area contributed by atoms with Crippen LogP contribution in [0.25, 0.3) is 0 Å². The minimum absolute atomic E-state index is 0.0335. The standard InChI is InChI=1S/C14H26N2O4S/c1-14(6-9-21(19,20)11-14)15-13(18)10-16-7-3-2-4-12(16)5-8-17/h12,17H,2-11H2,1H3,(H,15,18). The first kappa shape index (κ1) is 16.7. The minimum atomic E-state index is -3.01. The summed E-state index contributed by atoms with van der Waals surface area (Å²) < 4.78 is 23.1. The second-order valence-corrected chi connectivity index (χ2v) is 8.77. The lowest BCUT2D eigenvalue weighted by Crippen LogP contribution is -2.52. The van der Waals surface area contributed by atoms with Crippen LogP contribution >= 0.6 is 0 Å². The molecule has 2 unspecified atom stereocenters. The number of carbonyl (C=O) groups excluding carboxylic acids is 1. The smallest absolute Gasteiger partial charge is 0.234 e. The molecule has 1 amide bonds. The van der Waals surface area contributed by atoms with E-state index in [-0.39, 0.29) is 30.1 Å². The third-order valence-electron chi connectivity index (χ3n) is 4.50. The normalized spacial score (nSPS) is 33.0. The van der Waals surface area contributed by atoms with Crippen molar-refractivity contribution in [2.75, 3.05) is 31.2 Å². The van der Waals surface area contributed by atoms with Gasteiger partial charge < -0.3 is 10.4 Å². The van der Waals surface area contributed by atoms with Gasteiger partial charge in [-0.25, -0.2) is 8.42 Å². The topological polar surface area (TPSA) is 86.7 Å². The number of nitrogens with one attached hydrogen (secondary N) is 1. The van der Waals surface area contributed by atoms with Crippen LogP contribution in [0.1, 0.15) is 39.0 Å². The highest BCUT2D eigenvalue weighted by molar-refractivity contribution is 7.91. The molecule has 0 saturated carbocycles. The molecule has 2 heterocycles. The van der Waals surface area contributed by atoms with Crippen molar-refractivity contribution in [3.05, 3.63) is 0 Å². The Kier molecular flexibility index (Phi) is 5.27. The number of carbonyl (C=O) groups is 1. The Morgan fingerprint density at radius 2 is 2.19 bits per heavy atom. The molecule has 21 heavy (non-hydrogen) atoms. The SMILES string of the molecule is CC1(NC(=O)CN2CCCCC2CCO)CCS(=O)(=O)C1. The number of piperidine rings is 1. The lowest BCUT2D eigenvalue weighted by molar-refractivity contribution is -0.124. The fourth-order valence-electron chi connectivity index (χ4n) is 3.41. The fraction of sp³-hybridized carbons (Fsp3) is 0.929. The van der Waals surface area contributed by atoms with E-state index in [0.29, 0.717) is 19.4 Å². The number of rotatable bonds is 5. The van der Waals surface area contributed by atoms with Gasteiger partial charge in [0.2, 0.25) is 5.91 Å². The Morgan fingerprint density at radius 1 is 1.43 bits per heavy atom. The van der Waals surface area contributed by atoms with Crippen molar-refractivity contribution in [3.8, 4) is 0 Å². The monoisotopic (exact) mass is 318 g/mol. The molecule has 2 aliphatic heterocycles. The van der Waals surface area contributed by atoms with E-state index >= 15 is 0 Å². The molecule has 0 spiro atoms. The molecular formula is C14H26N2O4S.